The molecule has 1 heterocycles. The summed E-state index contributed by atoms with van der Waals surface area (Å²) in [6, 6.07) is 0.686. The fourth-order valence-corrected chi connectivity index (χ4v) is 4.00. The van der Waals surface area contributed by atoms with Crippen LogP contribution in [0.4, 0.5) is 0 Å². The zero-order valence-corrected chi connectivity index (χ0v) is 10.4. The van der Waals surface area contributed by atoms with E-state index in [4.69, 9.17) is 0 Å². The first kappa shape index (κ1) is 11.4. The van der Waals surface area contributed by atoms with E-state index in [1.165, 1.54) is 12.2 Å². The van der Waals surface area contributed by atoms with Crippen molar-refractivity contribution >= 4 is 11.8 Å². The van der Waals surface area contributed by atoms with Crippen molar-refractivity contribution in [2.45, 2.75) is 52.0 Å². The van der Waals surface area contributed by atoms with Crippen LogP contribution in [0.2, 0.25) is 0 Å². The predicted molar refractivity (Wildman–Crippen MR) is 62.1 cm³/mol. The Hall–Kier alpha value is 0.310. The van der Waals surface area contributed by atoms with Crippen molar-refractivity contribution in [1.82, 2.24) is 5.32 Å². The lowest BCUT2D eigenvalue weighted by molar-refractivity contribution is 0.240. The summed E-state index contributed by atoms with van der Waals surface area (Å²) in [7, 11) is 0. The average molecular weight is 201 g/mol. The van der Waals surface area contributed by atoms with E-state index in [0.29, 0.717) is 22.7 Å². The van der Waals surface area contributed by atoms with Gasteiger partial charge < -0.3 is 0 Å². The first-order chi connectivity index (χ1) is 5.99. The molecule has 78 valence electrons. The zero-order chi connectivity index (χ0) is 10.1. The maximum Gasteiger partial charge on any atom is 0.0693 e. The minimum Gasteiger partial charge on any atom is -0.300 e. The molecule has 0 radical (unpaired) electrons. The maximum atomic E-state index is 3.79. The molecular formula is C11H23NS. The van der Waals surface area contributed by atoms with Crippen LogP contribution in [0, 0.1) is 11.8 Å². The van der Waals surface area contributed by atoms with Gasteiger partial charge in [-0.3, -0.25) is 5.32 Å². The lowest BCUT2D eigenvalue weighted by atomic mass is 9.91. The molecule has 1 fully saturated rings. The van der Waals surface area contributed by atoms with Crippen LogP contribution < -0.4 is 5.32 Å². The fraction of sp³-hybridized carbons (Fsp3) is 1.00. The van der Waals surface area contributed by atoms with Crippen molar-refractivity contribution in [2.75, 3.05) is 5.75 Å². The number of nitrogens with one attached hydrogen (secondary N) is 1. The van der Waals surface area contributed by atoms with E-state index >= 15 is 0 Å². The summed E-state index contributed by atoms with van der Waals surface area (Å²) in [6.45, 7) is 11.6. The molecule has 1 nitrogen and oxygen atoms in total. The second-order valence-electron chi connectivity index (χ2n) is 4.79. The van der Waals surface area contributed by atoms with Gasteiger partial charge in [0.05, 0.1) is 4.87 Å². The Bertz CT molecular complexity index is 157. The Kier molecular flexibility index (Phi) is 3.70. The van der Waals surface area contributed by atoms with E-state index in [1.54, 1.807) is 0 Å². The van der Waals surface area contributed by atoms with E-state index in [9.17, 15) is 0 Å². The van der Waals surface area contributed by atoms with Crippen molar-refractivity contribution in [3.8, 4) is 0 Å². The van der Waals surface area contributed by atoms with E-state index in [0.717, 1.165) is 0 Å². The highest BCUT2D eigenvalue weighted by Gasteiger charge is 2.40. The van der Waals surface area contributed by atoms with Gasteiger partial charge in [-0.1, -0.05) is 27.7 Å². The maximum absolute atomic E-state index is 3.79. The standard InChI is InChI=1S/C11H23NS/c1-8(2)11(9(3)4)12-10(5)6-7-13-11/h8-10,12H,6-7H2,1-5H3. The van der Waals surface area contributed by atoms with Crippen LogP contribution in [0.25, 0.3) is 0 Å². The summed E-state index contributed by atoms with van der Waals surface area (Å²) in [4.78, 5) is 0.317. The number of hydrogen-bond acceptors (Lipinski definition) is 2. The minimum absolute atomic E-state index is 0.317. The first-order valence-electron chi connectivity index (χ1n) is 5.40. The molecule has 1 unspecified atom stereocenters. The van der Waals surface area contributed by atoms with Crippen molar-refractivity contribution in [2.24, 2.45) is 11.8 Å². The summed E-state index contributed by atoms with van der Waals surface area (Å²) in [5.74, 6) is 2.73. The second kappa shape index (κ2) is 4.22. The quantitative estimate of drug-likeness (QED) is 0.737. The highest BCUT2D eigenvalue weighted by molar-refractivity contribution is 8.00. The van der Waals surface area contributed by atoms with Crippen LogP contribution in [0.3, 0.4) is 0 Å². The van der Waals surface area contributed by atoms with Gasteiger partial charge in [-0.2, -0.15) is 0 Å². The molecule has 1 N–H and O–H groups in total. The smallest absolute Gasteiger partial charge is 0.0693 e. The minimum atomic E-state index is 0.317. The third-order valence-corrected chi connectivity index (χ3v) is 5.06. The molecule has 0 amide bonds. The monoisotopic (exact) mass is 201 g/mol. The Balaban J connectivity index is 2.77. The van der Waals surface area contributed by atoms with Gasteiger partial charge in [0, 0.05) is 6.04 Å². The largest absolute Gasteiger partial charge is 0.300 e. The van der Waals surface area contributed by atoms with Crippen LogP contribution >= 0.6 is 11.8 Å². The van der Waals surface area contributed by atoms with Gasteiger partial charge in [0.15, 0.2) is 0 Å². The molecule has 0 aliphatic carbocycles. The SMILES string of the molecule is CC1CCSC(C(C)C)(C(C)C)N1. The summed E-state index contributed by atoms with van der Waals surface area (Å²) in [6.07, 6.45) is 1.31. The van der Waals surface area contributed by atoms with E-state index < -0.39 is 0 Å². The predicted octanol–water partition coefficient (Wildman–Crippen LogP) is 3.11. The second-order valence-corrected chi connectivity index (χ2v) is 6.16. The average Bonchev–Trinajstić information content (AvgIpc) is 2.03. The normalized spacial score (nSPS) is 28.4. The Morgan fingerprint density at radius 2 is 1.77 bits per heavy atom. The molecule has 1 saturated heterocycles. The Labute approximate surface area is 87.1 Å². The van der Waals surface area contributed by atoms with E-state index in [1.807, 2.05) is 0 Å². The highest BCUT2D eigenvalue weighted by atomic mass is 32.2. The van der Waals surface area contributed by atoms with Gasteiger partial charge in [-0.15, -0.1) is 11.8 Å². The van der Waals surface area contributed by atoms with Gasteiger partial charge in [0.25, 0.3) is 0 Å². The Morgan fingerprint density at radius 3 is 2.08 bits per heavy atom. The van der Waals surface area contributed by atoms with Crippen molar-refractivity contribution < 1.29 is 0 Å². The summed E-state index contributed by atoms with van der Waals surface area (Å²) in [5, 5.41) is 3.79. The van der Waals surface area contributed by atoms with Gasteiger partial charge in [0.1, 0.15) is 0 Å². The van der Waals surface area contributed by atoms with Crippen LogP contribution in [-0.2, 0) is 0 Å². The molecule has 1 rings (SSSR count). The van der Waals surface area contributed by atoms with Crippen molar-refractivity contribution in [3.63, 3.8) is 0 Å². The number of hydrogen-bond donors (Lipinski definition) is 1. The van der Waals surface area contributed by atoms with Gasteiger partial charge in [0.2, 0.25) is 0 Å². The number of rotatable bonds is 2. The topological polar surface area (TPSA) is 12.0 Å². The molecule has 0 aromatic carbocycles. The van der Waals surface area contributed by atoms with Crippen molar-refractivity contribution in [3.05, 3.63) is 0 Å². The van der Waals surface area contributed by atoms with E-state index in [-0.39, 0.29) is 0 Å². The lowest BCUT2D eigenvalue weighted by Crippen LogP contribution is -2.57. The molecule has 13 heavy (non-hydrogen) atoms. The van der Waals surface area contributed by atoms with Gasteiger partial charge >= 0.3 is 0 Å². The molecule has 1 atom stereocenters. The lowest BCUT2D eigenvalue weighted by Gasteiger charge is -2.47. The van der Waals surface area contributed by atoms with Crippen LogP contribution in [-0.4, -0.2) is 16.7 Å². The summed E-state index contributed by atoms with van der Waals surface area (Å²) in [5.41, 5.74) is 0. The molecular weight excluding hydrogens is 178 g/mol. The Morgan fingerprint density at radius 1 is 1.23 bits per heavy atom. The summed E-state index contributed by atoms with van der Waals surface area (Å²) >= 11 is 2.12. The van der Waals surface area contributed by atoms with Crippen molar-refractivity contribution in [1.29, 1.82) is 0 Å². The molecule has 0 spiro atoms. The van der Waals surface area contributed by atoms with Crippen LogP contribution in [0.15, 0.2) is 0 Å². The number of thioether (sulfide) groups is 1. The molecule has 0 saturated carbocycles. The molecule has 1 aliphatic rings. The fourth-order valence-electron chi connectivity index (χ4n) is 2.24. The third kappa shape index (κ3) is 2.21. The van der Waals surface area contributed by atoms with Crippen LogP contribution in [0.5, 0.6) is 0 Å². The van der Waals surface area contributed by atoms with Crippen LogP contribution in [0.1, 0.15) is 41.0 Å². The third-order valence-electron chi connectivity index (χ3n) is 3.08. The van der Waals surface area contributed by atoms with E-state index in [2.05, 4.69) is 51.7 Å². The highest BCUT2D eigenvalue weighted by Crippen LogP contribution is 2.41. The molecule has 0 aromatic heterocycles. The molecule has 0 bridgehead atoms. The molecule has 0 aromatic rings. The first-order valence-corrected chi connectivity index (χ1v) is 6.39. The van der Waals surface area contributed by atoms with Gasteiger partial charge in [-0.25, -0.2) is 0 Å². The molecule has 2 heteroatoms. The summed E-state index contributed by atoms with van der Waals surface area (Å²) < 4.78 is 0. The molecule has 1 aliphatic heterocycles. The van der Waals surface area contributed by atoms with Gasteiger partial charge in [-0.05, 0) is 30.9 Å². The zero-order valence-electron chi connectivity index (χ0n) is 9.55.